The molecule has 2 aromatic rings. The van der Waals surface area contributed by atoms with Crippen molar-refractivity contribution in [1.29, 1.82) is 0 Å². The summed E-state index contributed by atoms with van der Waals surface area (Å²) in [6.45, 7) is 4.53. The molecule has 1 aromatic heterocycles. The average molecular weight is 517 g/mol. The summed E-state index contributed by atoms with van der Waals surface area (Å²) in [4.78, 5) is 24.4. The van der Waals surface area contributed by atoms with Crippen LogP contribution < -0.4 is 5.32 Å². The lowest BCUT2D eigenvalue weighted by Gasteiger charge is -2.32. The summed E-state index contributed by atoms with van der Waals surface area (Å²) in [7, 11) is 0. The first-order valence-electron chi connectivity index (χ1n) is 13.4. The number of amides is 1. The molecular weight excluding hydrogens is 481 g/mol. The van der Waals surface area contributed by atoms with Gasteiger partial charge in [0.2, 0.25) is 0 Å². The first kappa shape index (κ1) is 25.9. The fraction of sp³-hybridized carbons (Fsp3) is 0.586. The minimum atomic E-state index is -4.46. The van der Waals surface area contributed by atoms with Crippen molar-refractivity contribution in [2.24, 2.45) is 11.8 Å². The number of hydrogen-bond acceptors (Lipinski definition) is 2. The van der Waals surface area contributed by atoms with Crippen molar-refractivity contribution >= 4 is 11.9 Å². The fourth-order valence-corrected chi connectivity index (χ4v) is 5.94. The smallest absolute Gasteiger partial charge is 0.416 e. The molecule has 0 radical (unpaired) electrons. The molecule has 200 valence electrons. The molecule has 3 aliphatic rings. The van der Waals surface area contributed by atoms with Gasteiger partial charge in [0.15, 0.2) is 0 Å². The van der Waals surface area contributed by atoms with Crippen LogP contribution in [-0.4, -0.2) is 27.6 Å². The Hall–Kier alpha value is -2.77. The van der Waals surface area contributed by atoms with Crippen LogP contribution in [0.2, 0.25) is 0 Å². The van der Waals surface area contributed by atoms with Crippen LogP contribution in [0.25, 0.3) is 11.3 Å². The lowest BCUT2D eigenvalue weighted by molar-refractivity contribution is -0.145. The van der Waals surface area contributed by atoms with Gasteiger partial charge in [-0.2, -0.15) is 13.2 Å². The summed E-state index contributed by atoms with van der Waals surface area (Å²) in [6.07, 6.45) is 3.69. The summed E-state index contributed by atoms with van der Waals surface area (Å²) >= 11 is 0. The highest BCUT2D eigenvalue weighted by molar-refractivity contribution is 5.97. The van der Waals surface area contributed by atoms with E-state index >= 15 is 0 Å². The van der Waals surface area contributed by atoms with Crippen LogP contribution in [0.4, 0.5) is 13.2 Å². The van der Waals surface area contributed by atoms with Crippen LogP contribution in [-0.2, 0) is 22.9 Å². The van der Waals surface area contributed by atoms with Crippen LogP contribution in [0.15, 0.2) is 24.3 Å². The molecule has 3 saturated carbocycles. The first-order chi connectivity index (χ1) is 17.4. The Labute approximate surface area is 215 Å². The minimum absolute atomic E-state index is 0.201. The maximum absolute atomic E-state index is 13.9. The van der Waals surface area contributed by atoms with E-state index in [0.29, 0.717) is 47.7 Å². The van der Waals surface area contributed by atoms with Gasteiger partial charge in [0, 0.05) is 24.0 Å². The molecule has 0 bridgehead atoms. The van der Waals surface area contributed by atoms with Crippen LogP contribution >= 0.6 is 0 Å². The maximum Gasteiger partial charge on any atom is 0.416 e. The highest BCUT2D eigenvalue weighted by atomic mass is 19.4. The van der Waals surface area contributed by atoms with Crippen molar-refractivity contribution in [2.45, 2.75) is 95.8 Å². The number of hydrogen-bond donors (Lipinski definition) is 2. The molecule has 8 heteroatoms. The molecule has 0 saturated heterocycles. The third kappa shape index (κ3) is 5.30. The Balaban J connectivity index is 1.52. The van der Waals surface area contributed by atoms with Gasteiger partial charge in [-0.05, 0) is 92.2 Å². The standard InChI is InChI=1S/C29H35F3N2O3/c1-17-24(26(35)33-23-12-20(13-23)27(36)37)15-25(34(17)16-18-6-4-3-5-7-18)19-10-21(28(2)8-9-28)14-22(11-19)29(30,31)32/h10-11,14-15,18,20,23H,3-9,12-13,16H2,1-2H3,(H,33,35)(H,36,37)/t20-,23-. The number of nitrogens with zero attached hydrogens (tertiary/aromatic N) is 1. The van der Waals surface area contributed by atoms with Crippen molar-refractivity contribution in [3.63, 3.8) is 0 Å². The largest absolute Gasteiger partial charge is 0.481 e. The fourth-order valence-electron chi connectivity index (χ4n) is 5.94. The summed E-state index contributed by atoms with van der Waals surface area (Å²) < 4.78 is 43.8. The monoisotopic (exact) mass is 516 g/mol. The van der Waals surface area contributed by atoms with E-state index < -0.39 is 23.6 Å². The quantitative estimate of drug-likeness (QED) is 0.430. The number of carbonyl (C=O) groups excluding carboxylic acids is 1. The second-order valence-corrected chi connectivity index (χ2v) is 11.7. The van der Waals surface area contributed by atoms with Gasteiger partial charge in [0.05, 0.1) is 17.0 Å². The zero-order valence-corrected chi connectivity index (χ0v) is 21.5. The van der Waals surface area contributed by atoms with Gasteiger partial charge in [-0.25, -0.2) is 0 Å². The number of carbonyl (C=O) groups is 2. The minimum Gasteiger partial charge on any atom is -0.481 e. The molecule has 0 atom stereocenters. The predicted octanol–water partition coefficient (Wildman–Crippen LogP) is 6.71. The van der Waals surface area contributed by atoms with Gasteiger partial charge in [0.25, 0.3) is 5.91 Å². The SMILES string of the molecule is Cc1c(C(=O)N[C@H]2C[C@H](C(=O)O)C2)cc(-c2cc(C(F)(F)F)cc(C3(C)CC3)c2)n1CC1CCCCC1. The third-order valence-corrected chi connectivity index (χ3v) is 8.85. The molecular formula is C29H35F3N2O3. The van der Waals surface area contributed by atoms with Gasteiger partial charge in [-0.3, -0.25) is 9.59 Å². The Morgan fingerprint density at radius 3 is 2.35 bits per heavy atom. The van der Waals surface area contributed by atoms with Crippen molar-refractivity contribution in [3.05, 3.63) is 46.6 Å². The van der Waals surface area contributed by atoms with E-state index in [1.165, 1.54) is 18.6 Å². The number of rotatable bonds is 7. The van der Waals surface area contributed by atoms with E-state index in [4.69, 9.17) is 5.11 Å². The number of halogens is 3. The zero-order valence-electron chi connectivity index (χ0n) is 21.5. The lowest BCUT2D eigenvalue weighted by atomic mass is 9.80. The van der Waals surface area contributed by atoms with Crippen LogP contribution in [0.1, 0.15) is 91.9 Å². The van der Waals surface area contributed by atoms with Crippen molar-refractivity contribution in [1.82, 2.24) is 9.88 Å². The Kier molecular flexibility index (Phi) is 6.65. The molecule has 0 aliphatic heterocycles. The predicted molar refractivity (Wildman–Crippen MR) is 134 cm³/mol. The molecule has 1 heterocycles. The molecule has 37 heavy (non-hydrogen) atoms. The number of carboxylic acids is 1. The van der Waals surface area contributed by atoms with E-state index in [1.54, 1.807) is 6.07 Å². The topological polar surface area (TPSA) is 71.3 Å². The molecule has 1 aromatic carbocycles. The van der Waals surface area contributed by atoms with E-state index in [0.717, 1.165) is 44.2 Å². The summed E-state index contributed by atoms with van der Waals surface area (Å²) in [5.74, 6) is -1.17. The van der Waals surface area contributed by atoms with Gasteiger partial charge < -0.3 is 15.0 Å². The zero-order chi connectivity index (χ0) is 26.5. The second kappa shape index (κ2) is 9.52. The molecule has 1 amide bonds. The van der Waals surface area contributed by atoms with Gasteiger partial charge in [-0.1, -0.05) is 26.2 Å². The number of benzene rings is 1. The summed E-state index contributed by atoms with van der Waals surface area (Å²) in [6, 6.07) is 5.90. The molecule has 3 fully saturated rings. The normalized spacial score (nSPS) is 23.4. The number of alkyl halides is 3. The lowest BCUT2D eigenvalue weighted by Crippen LogP contribution is -2.46. The second-order valence-electron chi connectivity index (χ2n) is 11.7. The van der Waals surface area contributed by atoms with Crippen molar-refractivity contribution in [3.8, 4) is 11.3 Å². The highest BCUT2D eigenvalue weighted by Crippen LogP contribution is 2.50. The molecule has 5 nitrogen and oxygen atoms in total. The van der Waals surface area contributed by atoms with E-state index in [9.17, 15) is 22.8 Å². The van der Waals surface area contributed by atoms with Crippen LogP contribution in [0.5, 0.6) is 0 Å². The molecule has 0 spiro atoms. The molecule has 5 rings (SSSR count). The van der Waals surface area contributed by atoms with Crippen LogP contribution in [0, 0.1) is 18.8 Å². The summed E-state index contributed by atoms with van der Waals surface area (Å²) in [5, 5.41) is 12.1. The molecule has 2 N–H and O–H groups in total. The number of aliphatic carboxylic acids is 1. The Morgan fingerprint density at radius 2 is 1.76 bits per heavy atom. The van der Waals surface area contributed by atoms with Crippen molar-refractivity contribution < 1.29 is 27.9 Å². The van der Waals surface area contributed by atoms with Gasteiger partial charge in [-0.15, -0.1) is 0 Å². The Morgan fingerprint density at radius 1 is 1.08 bits per heavy atom. The first-order valence-corrected chi connectivity index (χ1v) is 13.4. The maximum atomic E-state index is 13.9. The third-order valence-electron chi connectivity index (χ3n) is 8.85. The number of aromatic nitrogens is 1. The highest BCUT2D eigenvalue weighted by Gasteiger charge is 2.42. The van der Waals surface area contributed by atoms with Crippen LogP contribution in [0.3, 0.4) is 0 Å². The van der Waals surface area contributed by atoms with E-state index in [2.05, 4.69) is 5.32 Å². The molecule has 3 aliphatic carbocycles. The summed E-state index contributed by atoms with van der Waals surface area (Å²) in [5.41, 5.74) is 2.12. The molecule has 0 unspecified atom stereocenters. The van der Waals surface area contributed by atoms with Gasteiger partial charge >= 0.3 is 12.1 Å². The number of carboxylic acid groups (broad SMARTS) is 1. The van der Waals surface area contributed by atoms with E-state index in [1.807, 2.05) is 24.5 Å². The van der Waals surface area contributed by atoms with E-state index in [-0.39, 0.29) is 17.4 Å². The number of nitrogens with one attached hydrogen (secondary N) is 1. The van der Waals surface area contributed by atoms with Gasteiger partial charge in [0.1, 0.15) is 0 Å². The van der Waals surface area contributed by atoms with Crippen molar-refractivity contribution in [2.75, 3.05) is 0 Å². The Bertz CT molecular complexity index is 1180. The average Bonchev–Trinajstić information content (AvgIpc) is 3.50.